The quantitative estimate of drug-likeness (QED) is 0.696. The topological polar surface area (TPSA) is 105 Å². The number of esters is 1. The molecule has 1 atom stereocenters. The number of nitriles is 1. The average molecular weight is 380 g/mol. The van der Waals surface area contributed by atoms with Crippen LogP contribution in [0, 0.1) is 25.2 Å². The lowest BCUT2D eigenvalue weighted by Gasteiger charge is -2.13. The number of nitrogens with zero attached hydrogens (tertiary/aromatic N) is 3. The summed E-state index contributed by atoms with van der Waals surface area (Å²) >= 11 is 1.23. The first-order chi connectivity index (χ1) is 12.9. The second-order valence-corrected chi connectivity index (χ2v) is 6.83. The SMILES string of the molecule is Cc1nc2ccc(C(=O)O[C@H](C)C(=O)Nc3sccc3C#N)cc2nc1C. The zero-order chi connectivity index (χ0) is 19.6. The van der Waals surface area contributed by atoms with Gasteiger partial charge in [0.25, 0.3) is 5.91 Å². The summed E-state index contributed by atoms with van der Waals surface area (Å²) in [6, 6.07) is 8.47. The van der Waals surface area contributed by atoms with Gasteiger partial charge in [0.2, 0.25) is 0 Å². The van der Waals surface area contributed by atoms with E-state index in [4.69, 9.17) is 10.00 Å². The molecule has 0 saturated carbocycles. The molecule has 0 radical (unpaired) electrons. The van der Waals surface area contributed by atoms with Crippen LogP contribution >= 0.6 is 11.3 Å². The molecule has 3 rings (SSSR count). The van der Waals surface area contributed by atoms with Crippen LogP contribution in [0.2, 0.25) is 0 Å². The number of carbonyl (C=O) groups is 2. The number of amides is 1. The Bertz CT molecular complexity index is 1080. The number of aromatic nitrogens is 2. The van der Waals surface area contributed by atoms with Gasteiger partial charge in [-0.2, -0.15) is 5.26 Å². The predicted octanol–water partition coefficient (Wildman–Crippen LogP) is 3.36. The molecule has 1 N–H and O–H groups in total. The zero-order valence-electron chi connectivity index (χ0n) is 14.9. The molecule has 27 heavy (non-hydrogen) atoms. The van der Waals surface area contributed by atoms with Gasteiger partial charge in [0.1, 0.15) is 11.1 Å². The molecule has 1 amide bonds. The Morgan fingerprint density at radius 1 is 1.19 bits per heavy atom. The monoisotopic (exact) mass is 380 g/mol. The number of benzene rings is 1. The normalized spacial score (nSPS) is 11.6. The third-order valence-corrected chi connectivity index (χ3v) is 4.82. The maximum atomic E-state index is 12.4. The Hall–Kier alpha value is -3.31. The summed E-state index contributed by atoms with van der Waals surface area (Å²) in [5.41, 5.74) is 3.53. The van der Waals surface area contributed by atoms with Crippen LogP contribution in [0.25, 0.3) is 11.0 Å². The summed E-state index contributed by atoms with van der Waals surface area (Å²) in [6.45, 7) is 5.19. The first-order valence-corrected chi connectivity index (χ1v) is 9.01. The molecule has 1 aromatic carbocycles. The summed E-state index contributed by atoms with van der Waals surface area (Å²) < 4.78 is 5.25. The predicted molar refractivity (Wildman–Crippen MR) is 102 cm³/mol. The van der Waals surface area contributed by atoms with Crippen LogP contribution in [0.15, 0.2) is 29.6 Å². The molecular formula is C19H16N4O3S. The molecule has 8 heteroatoms. The molecule has 2 heterocycles. The van der Waals surface area contributed by atoms with Crippen LogP contribution in [0.1, 0.15) is 34.2 Å². The third kappa shape index (κ3) is 3.93. The smallest absolute Gasteiger partial charge is 0.338 e. The van der Waals surface area contributed by atoms with E-state index in [9.17, 15) is 9.59 Å². The number of carbonyl (C=O) groups excluding carboxylic acids is 2. The van der Waals surface area contributed by atoms with Crippen molar-refractivity contribution in [1.29, 1.82) is 5.26 Å². The van der Waals surface area contributed by atoms with Gasteiger partial charge in [-0.3, -0.25) is 4.79 Å². The minimum absolute atomic E-state index is 0.286. The van der Waals surface area contributed by atoms with Crippen molar-refractivity contribution >= 4 is 39.2 Å². The number of hydrogen-bond acceptors (Lipinski definition) is 7. The summed E-state index contributed by atoms with van der Waals surface area (Å²) in [6.07, 6.45) is -1.02. The Morgan fingerprint density at radius 3 is 2.59 bits per heavy atom. The fourth-order valence-corrected chi connectivity index (χ4v) is 3.09. The van der Waals surface area contributed by atoms with E-state index in [1.807, 2.05) is 19.9 Å². The van der Waals surface area contributed by atoms with Crippen LogP contribution < -0.4 is 5.32 Å². The van der Waals surface area contributed by atoms with Gasteiger partial charge in [0, 0.05) is 0 Å². The Balaban J connectivity index is 1.72. The van der Waals surface area contributed by atoms with E-state index < -0.39 is 18.0 Å². The van der Waals surface area contributed by atoms with Crippen LogP contribution in [-0.2, 0) is 9.53 Å². The van der Waals surface area contributed by atoms with E-state index in [1.165, 1.54) is 18.3 Å². The maximum absolute atomic E-state index is 12.4. The van der Waals surface area contributed by atoms with Crippen molar-refractivity contribution in [2.24, 2.45) is 0 Å². The summed E-state index contributed by atoms with van der Waals surface area (Å²) in [7, 11) is 0. The van der Waals surface area contributed by atoms with Crippen LogP contribution in [-0.4, -0.2) is 27.9 Å². The minimum Gasteiger partial charge on any atom is -0.449 e. The Labute approximate surface area is 159 Å². The molecule has 0 bridgehead atoms. The van der Waals surface area contributed by atoms with E-state index in [2.05, 4.69) is 15.3 Å². The van der Waals surface area contributed by atoms with Gasteiger partial charge in [-0.25, -0.2) is 14.8 Å². The van der Waals surface area contributed by atoms with Gasteiger partial charge in [-0.15, -0.1) is 11.3 Å². The molecule has 0 fully saturated rings. The van der Waals surface area contributed by atoms with E-state index >= 15 is 0 Å². The van der Waals surface area contributed by atoms with Crippen molar-refractivity contribution in [2.45, 2.75) is 26.9 Å². The molecular weight excluding hydrogens is 364 g/mol. The van der Waals surface area contributed by atoms with Crippen molar-refractivity contribution in [2.75, 3.05) is 5.32 Å². The first kappa shape index (κ1) is 18.5. The number of ether oxygens (including phenoxy) is 1. The number of hydrogen-bond donors (Lipinski definition) is 1. The van der Waals surface area contributed by atoms with Crippen LogP contribution in [0.3, 0.4) is 0 Å². The molecule has 2 aromatic heterocycles. The lowest BCUT2D eigenvalue weighted by Crippen LogP contribution is -2.29. The van der Waals surface area contributed by atoms with Crippen molar-refractivity contribution in [3.8, 4) is 6.07 Å². The number of anilines is 1. The average Bonchev–Trinajstić information content (AvgIpc) is 3.09. The number of thiophene rings is 1. The van der Waals surface area contributed by atoms with E-state index in [0.717, 1.165) is 11.4 Å². The van der Waals surface area contributed by atoms with E-state index in [0.29, 0.717) is 21.6 Å². The lowest BCUT2D eigenvalue weighted by molar-refractivity contribution is -0.123. The van der Waals surface area contributed by atoms with Gasteiger partial charge in [-0.05, 0) is 50.4 Å². The van der Waals surface area contributed by atoms with Gasteiger partial charge < -0.3 is 10.1 Å². The van der Waals surface area contributed by atoms with Gasteiger partial charge in [0.05, 0.1) is 33.5 Å². The second kappa shape index (κ2) is 7.51. The molecule has 3 aromatic rings. The van der Waals surface area contributed by atoms with Crippen molar-refractivity contribution in [1.82, 2.24) is 9.97 Å². The fourth-order valence-electron chi connectivity index (χ4n) is 2.35. The second-order valence-electron chi connectivity index (χ2n) is 5.91. The molecule has 0 unspecified atom stereocenters. The van der Waals surface area contributed by atoms with Gasteiger partial charge in [-0.1, -0.05) is 0 Å². The molecule has 0 aliphatic rings. The summed E-state index contributed by atoms with van der Waals surface area (Å²) in [5.74, 6) is -1.14. The fraction of sp³-hybridized carbons (Fsp3) is 0.211. The summed E-state index contributed by atoms with van der Waals surface area (Å²) in [5, 5.41) is 13.7. The third-order valence-electron chi connectivity index (χ3n) is 3.99. The standard InChI is InChI=1S/C19H16N4O3S/c1-10-11(2)22-16-8-13(4-5-15(16)21-10)19(25)26-12(3)17(24)23-18-14(9-20)6-7-27-18/h4-8,12H,1-3H3,(H,23,24)/t12-/m1/s1. The lowest BCUT2D eigenvalue weighted by atomic mass is 10.2. The van der Waals surface area contributed by atoms with E-state index in [1.54, 1.807) is 29.6 Å². The largest absolute Gasteiger partial charge is 0.449 e. The highest BCUT2D eigenvalue weighted by molar-refractivity contribution is 7.14. The molecule has 136 valence electrons. The molecule has 0 saturated heterocycles. The Kier molecular flexibility index (Phi) is 5.14. The zero-order valence-corrected chi connectivity index (χ0v) is 15.8. The molecule has 0 spiro atoms. The van der Waals surface area contributed by atoms with Gasteiger partial charge in [0.15, 0.2) is 6.10 Å². The number of rotatable bonds is 4. The minimum atomic E-state index is -1.02. The van der Waals surface area contributed by atoms with Gasteiger partial charge >= 0.3 is 5.97 Å². The number of nitrogens with one attached hydrogen (secondary N) is 1. The highest BCUT2D eigenvalue weighted by Gasteiger charge is 2.21. The van der Waals surface area contributed by atoms with Crippen LogP contribution in [0.5, 0.6) is 0 Å². The highest BCUT2D eigenvalue weighted by Crippen LogP contribution is 2.22. The molecule has 0 aliphatic heterocycles. The molecule has 0 aliphatic carbocycles. The van der Waals surface area contributed by atoms with E-state index in [-0.39, 0.29) is 5.56 Å². The highest BCUT2D eigenvalue weighted by atomic mass is 32.1. The van der Waals surface area contributed by atoms with Crippen molar-refractivity contribution in [3.63, 3.8) is 0 Å². The first-order valence-electron chi connectivity index (χ1n) is 8.13. The maximum Gasteiger partial charge on any atom is 0.338 e. The van der Waals surface area contributed by atoms with Crippen molar-refractivity contribution < 1.29 is 14.3 Å². The van der Waals surface area contributed by atoms with Crippen molar-refractivity contribution in [3.05, 3.63) is 52.2 Å². The summed E-state index contributed by atoms with van der Waals surface area (Å²) in [4.78, 5) is 33.4. The number of aryl methyl sites for hydroxylation is 2. The molecule has 7 nitrogen and oxygen atoms in total. The number of fused-ring (bicyclic) bond motifs is 1. The van der Waals surface area contributed by atoms with Crippen LogP contribution in [0.4, 0.5) is 5.00 Å². The Morgan fingerprint density at radius 2 is 1.89 bits per heavy atom.